The van der Waals surface area contributed by atoms with Gasteiger partial charge in [0.2, 0.25) is 0 Å². The number of rotatable bonds is 2. The van der Waals surface area contributed by atoms with E-state index in [1.807, 2.05) is 0 Å². The molecule has 6 aliphatic carbocycles. The predicted octanol–water partition coefficient (Wildman–Crippen LogP) is 9.19. The standard InChI is InChI=1S/C31H52S/c1-20-9-2-3-10-22(20)29-16-8-15-23(31(29)32)21-17-18-28-26-13-5-4-11-24(26)25-12-6-7-14-27(25)30(28)19-21/h20-32H,2-19H2,1H3. The Morgan fingerprint density at radius 3 is 1.50 bits per heavy atom. The Kier molecular flexibility index (Phi) is 6.96. The van der Waals surface area contributed by atoms with E-state index < -0.39 is 0 Å². The molecule has 0 saturated heterocycles. The third-order valence-corrected chi connectivity index (χ3v) is 13.4. The SMILES string of the molecule is CC1CCCCC1C1CCCC(C2CCC3C4CCCCC4C4CCCCC4C3C2)C1S. The fourth-order valence-corrected chi connectivity index (χ4v) is 12.2. The van der Waals surface area contributed by atoms with Gasteiger partial charge in [-0.1, -0.05) is 58.3 Å². The zero-order valence-corrected chi connectivity index (χ0v) is 22.0. The van der Waals surface area contributed by atoms with Gasteiger partial charge in [0.05, 0.1) is 0 Å². The Morgan fingerprint density at radius 2 is 0.875 bits per heavy atom. The van der Waals surface area contributed by atoms with Gasteiger partial charge in [0.25, 0.3) is 0 Å². The molecule has 0 N–H and O–H groups in total. The lowest BCUT2D eigenvalue weighted by Gasteiger charge is -2.59. The van der Waals surface area contributed by atoms with Crippen molar-refractivity contribution in [2.24, 2.45) is 65.1 Å². The molecular weight excluding hydrogens is 404 g/mol. The van der Waals surface area contributed by atoms with Gasteiger partial charge < -0.3 is 0 Å². The Bertz CT molecular complexity index is 614. The maximum absolute atomic E-state index is 5.50. The van der Waals surface area contributed by atoms with Gasteiger partial charge in [-0.3, -0.25) is 0 Å². The molecule has 0 aromatic rings. The van der Waals surface area contributed by atoms with Crippen LogP contribution >= 0.6 is 12.6 Å². The smallest absolute Gasteiger partial charge is 0.00787 e. The van der Waals surface area contributed by atoms with Gasteiger partial charge in [-0.2, -0.15) is 12.6 Å². The highest BCUT2D eigenvalue weighted by molar-refractivity contribution is 7.81. The molecule has 0 amide bonds. The first-order valence-corrected chi connectivity index (χ1v) is 15.9. The fourth-order valence-electron chi connectivity index (χ4n) is 11.4. The van der Waals surface area contributed by atoms with E-state index in [4.69, 9.17) is 12.6 Å². The molecule has 32 heavy (non-hydrogen) atoms. The first-order valence-electron chi connectivity index (χ1n) is 15.4. The van der Waals surface area contributed by atoms with Crippen LogP contribution in [0, 0.1) is 65.1 Å². The second kappa shape index (κ2) is 9.78. The van der Waals surface area contributed by atoms with Gasteiger partial charge in [0, 0.05) is 5.25 Å². The fraction of sp³-hybridized carbons (Fsp3) is 1.00. The Labute approximate surface area is 205 Å². The minimum Gasteiger partial charge on any atom is -0.175 e. The molecule has 12 unspecified atom stereocenters. The van der Waals surface area contributed by atoms with Crippen LogP contribution in [0.4, 0.5) is 0 Å². The van der Waals surface area contributed by atoms with Crippen LogP contribution in [0.5, 0.6) is 0 Å². The highest BCUT2D eigenvalue weighted by atomic mass is 32.1. The zero-order valence-electron chi connectivity index (χ0n) is 21.1. The number of hydrogen-bond donors (Lipinski definition) is 1. The summed E-state index contributed by atoms with van der Waals surface area (Å²) in [6, 6.07) is 0. The molecule has 0 aromatic heterocycles. The van der Waals surface area contributed by atoms with E-state index in [0.717, 1.165) is 65.1 Å². The molecule has 1 heteroatoms. The molecule has 6 aliphatic rings. The van der Waals surface area contributed by atoms with Crippen LogP contribution < -0.4 is 0 Å². The normalized spacial score (nSPS) is 54.2. The molecule has 12 atom stereocenters. The van der Waals surface area contributed by atoms with Gasteiger partial charge in [0.15, 0.2) is 0 Å². The van der Waals surface area contributed by atoms with Crippen molar-refractivity contribution in [3.05, 3.63) is 0 Å². The van der Waals surface area contributed by atoms with Crippen molar-refractivity contribution >= 4 is 12.6 Å². The van der Waals surface area contributed by atoms with E-state index in [1.165, 1.54) is 44.9 Å². The Morgan fingerprint density at radius 1 is 0.406 bits per heavy atom. The Hall–Kier alpha value is 0.350. The molecule has 0 radical (unpaired) electrons. The van der Waals surface area contributed by atoms with Crippen molar-refractivity contribution in [3.63, 3.8) is 0 Å². The summed E-state index contributed by atoms with van der Waals surface area (Å²) in [6.07, 6.45) is 27.9. The van der Waals surface area contributed by atoms with E-state index in [9.17, 15) is 0 Å². The molecule has 0 aromatic carbocycles. The molecule has 6 saturated carbocycles. The Balaban J connectivity index is 1.19. The van der Waals surface area contributed by atoms with Crippen LogP contribution in [-0.2, 0) is 0 Å². The minimum atomic E-state index is 0.712. The topological polar surface area (TPSA) is 0 Å². The lowest BCUT2D eigenvalue weighted by molar-refractivity contribution is -0.0945. The summed E-state index contributed by atoms with van der Waals surface area (Å²) in [4.78, 5) is 0. The van der Waals surface area contributed by atoms with E-state index in [0.29, 0.717) is 5.25 Å². The van der Waals surface area contributed by atoms with Gasteiger partial charge in [-0.15, -0.1) is 0 Å². The summed E-state index contributed by atoms with van der Waals surface area (Å²) in [5.74, 6) is 11.6. The van der Waals surface area contributed by atoms with Crippen molar-refractivity contribution in [2.75, 3.05) is 0 Å². The highest BCUT2D eigenvalue weighted by Crippen LogP contribution is 2.61. The summed E-state index contributed by atoms with van der Waals surface area (Å²) in [6.45, 7) is 2.57. The maximum atomic E-state index is 5.50. The average molecular weight is 457 g/mol. The minimum absolute atomic E-state index is 0.712. The number of thiol groups is 1. The van der Waals surface area contributed by atoms with E-state index in [2.05, 4.69) is 6.92 Å². The van der Waals surface area contributed by atoms with Crippen LogP contribution in [0.3, 0.4) is 0 Å². The van der Waals surface area contributed by atoms with Crippen molar-refractivity contribution in [3.8, 4) is 0 Å². The molecule has 0 heterocycles. The molecule has 0 bridgehead atoms. The molecule has 0 nitrogen and oxygen atoms in total. The van der Waals surface area contributed by atoms with Gasteiger partial charge in [-0.25, -0.2) is 0 Å². The molecule has 0 spiro atoms. The summed E-state index contributed by atoms with van der Waals surface area (Å²) in [5, 5.41) is 0.712. The monoisotopic (exact) mass is 456 g/mol. The van der Waals surface area contributed by atoms with Crippen molar-refractivity contribution in [2.45, 2.75) is 128 Å². The third kappa shape index (κ3) is 4.05. The van der Waals surface area contributed by atoms with Gasteiger partial charge in [0.1, 0.15) is 0 Å². The highest BCUT2D eigenvalue weighted by Gasteiger charge is 2.53. The third-order valence-electron chi connectivity index (χ3n) is 12.7. The van der Waals surface area contributed by atoms with Crippen LogP contribution in [0.15, 0.2) is 0 Å². The van der Waals surface area contributed by atoms with Crippen molar-refractivity contribution in [1.82, 2.24) is 0 Å². The average Bonchev–Trinajstić information content (AvgIpc) is 2.85. The van der Waals surface area contributed by atoms with Crippen LogP contribution in [-0.4, -0.2) is 5.25 Å². The molecule has 6 rings (SSSR count). The summed E-state index contributed by atoms with van der Waals surface area (Å²) in [5.41, 5.74) is 0. The van der Waals surface area contributed by atoms with E-state index >= 15 is 0 Å². The predicted molar refractivity (Wildman–Crippen MR) is 140 cm³/mol. The maximum Gasteiger partial charge on any atom is 0.00787 e. The second-order valence-corrected chi connectivity index (χ2v) is 14.4. The zero-order chi connectivity index (χ0) is 21.7. The number of hydrogen-bond acceptors (Lipinski definition) is 1. The van der Waals surface area contributed by atoms with E-state index in [1.54, 1.807) is 70.6 Å². The lowest BCUT2D eigenvalue weighted by atomic mass is 9.46. The van der Waals surface area contributed by atoms with Crippen molar-refractivity contribution < 1.29 is 0 Å². The molecule has 6 fully saturated rings. The lowest BCUT2D eigenvalue weighted by Crippen LogP contribution is -2.52. The molecule has 182 valence electrons. The van der Waals surface area contributed by atoms with Gasteiger partial charge in [-0.05, 0) is 129 Å². The molecule has 0 aliphatic heterocycles. The first kappa shape index (κ1) is 22.8. The summed E-state index contributed by atoms with van der Waals surface area (Å²) >= 11 is 5.50. The quantitative estimate of drug-likeness (QED) is 0.393. The summed E-state index contributed by atoms with van der Waals surface area (Å²) in [7, 11) is 0. The number of fused-ring (bicyclic) bond motifs is 6. The van der Waals surface area contributed by atoms with Crippen LogP contribution in [0.25, 0.3) is 0 Å². The van der Waals surface area contributed by atoms with Crippen LogP contribution in [0.1, 0.15) is 122 Å². The largest absolute Gasteiger partial charge is 0.175 e. The first-order chi connectivity index (χ1) is 15.7. The molecular formula is C31H52S. The van der Waals surface area contributed by atoms with Crippen molar-refractivity contribution in [1.29, 1.82) is 0 Å². The second-order valence-electron chi connectivity index (χ2n) is 13.8. The van der Waals surface area contributed by atoms with Gasteiger partial charge >= 0.3 is 0 Å². The summed E-state index contributed by atoms with van der Waals surface area (Å²) < 4.78 is 0. The van der Waals surface area contributed by atoms with E-state index in [-0.39, 0.29) is 0 Å². The van der Waals surface area contributed by atoms with Crippen LogP contribution in [0.2, 0.25) is 0 Å².